The summed E-state index contributed by atoms with van der Waals surface area (Å²) >= 11 is 0. The van der Waals surface area contributed by atoms with Crippen LogP contribution in [0.4, 0.5) is 5.69 Å². The highest BCUT2D eigenvalue weighted by molar-refractivity contribution is 5.82. The van der Waals surface area contributed by atoms with Gasteiger partial charge in [-0.3, -0.25) is 0 Å². The van der Waals surface area contributed by atoms with E-state index in [0.717, 1.165) is 6.54 Å². The lowest BCUT2D eigenvalue weighted by Crippen LogP contribution is -2.16. The van der Waals surface area contributed by atoms with Gasteiger partial charge in [-0.2, -0.15) is 0 Å². The van der Waals surface area contributed by atoms with E-state index >= 15 is 0 Å². The Morgan fingerprint density at radius 3 is 2.67 bits per heavy atom. The standard InChI is InChI=1S/C16H16N2/c1-18(12-13-5-3-2-4-6-13)15-8-7-14-9-10-17-16(14)11-15/h2-11,17H,12H2,1H3. The van der Waals surface area contributed by atoms with Crippen LogP contribution in [0.5, 0.6) is 0 Å². The van der Waals surface area contributed by atoms with Crippen LogP contribution in [-0.4, -0.2) is 12.0 Å². The molecule has 0 aliphatic heterocycles. The van der Waals surface area contributed by atoms with E-state index < -0.39 is 0 Å². The van der Waals surface area contributed by atoms with Crippen molar-refractivity contribution < 1.29 is 0 Å². The minimum absolute atomic E-state index is 0.924. The van der Waals surface area contributed by atoms with Gasteiger partial charge in [0, 0.05) is 31.0 Å². The van der Waals surface area contributed by atoms with Gasteiger partial charge in [0.2, 0.25) is 0 Å². The number of hydrogen-bond donors (Lipinski definition) is 1. The fourth-order valence-electron chi connectivity index (χ4n) is 2.22. The van der Waals surface area contributed by atoms with Crippen molar-refractivity contribution in [2.45, 2.75) is 6.54 Å². The Morgan fingerprint density at radius 2 is 1.83 bits per heavy atom. The molecule has 0 bridgehead atoms. The van der Waals surface area contributed by atoms with Crippen molar-refractivity contribution in [1.82, 2.24) is 4.98 Å². The number of fused-ring (bicyclic) bond motifs is 1. The van der Waals surface area contributed by atoms with Gasteiger partial charge in [-0.25, -0.2) is 0 Å². The molecule has 0 saturated carbocycles. The molecular weight excluding hydrogens is 220 g/mol. The number of nitrogens with one attached hydrogen (secondary N) is 1. The molecule has 0 aliphatic rings. The monoisotopic (exact) mass is 236 g/mol. The molecule has 0 unspecified atom stereocenters. The molecule has 18 heavy (non-hydrogen) atoms. The maximum Gasteiger partial charge on any atom is 0.0474 e. The third-order valence-electron chi connectivity index (χ3n) is 3.24. The van der Waals surface area contributed by atoms with Gasteiger partial charge in [0.05, 0.1) is 0 Å². The average Bonchev–Trinajstić information content (AvgIpc) is 2.87. The molecule has 0 aliphatic carbocycles. The highest BCUT2D eigenvalue weighted by atomic mass is 15.1. The molecule has 1 heterocycles. The number of benzene rings is 2. The van der Waals surface area contributed by atoms with Crippen LogP contribution in [0.25, 0.3) is 10.9 Å². The highest BCUT2D eigenvalue weighted by Gasteiger charge is 2.03. The first-order chi connectivity index (χ1) is 8.83. The van der Waals surface area contributed by atoms with Crippen molar-refractivity contribution in [3.63, 3.8) is 0 Å². The van der Waals surface area contributed by atoms with Gasteiger partial charge in [0.15, 0.2) is 0 Å². The molecule has 0 spiro atoms. The first-order valence-electron chi connectivity index (χ1n) is 6.15. The summed E-state index contributed by atoms with van der Waals surface area (Å²) in [6.45, 7) is 0.924. The molecule has 0 atom stereocenters. The van der Waals surface area contributed by atoms with Crippen LogP contribution in [0.3, 0.4) is 0 Å². The fraction of sp³-hybridized carbons (Fsp3) is 0.125. The van der Waals surface area contributed by atoms with E-state index in [1.807, 2.05) is 6.20 Å². The summed E-state index contributed by atoms with van der Waals surface area (Å²) in [7, 11) is 2.12. The van der Waals surface area contributed by atoms with Crippen LogP contribution in [0.15, 0.2) is 60.8 Å². The van der Waals surface area contributed by atoms with Crippen molar-refractivity contribution in [2.24, 2.45) is 0 Å². The molecule has 3 rings (SSSR count). The second-order valence-corrected chi connectivity index (χ2v) is 4.59. The van der Waals surface area contributed by atoms with Crippen molar-refractivity contribution in [2.75, 3.05) is 11.9 Å². The van der Waals surface area contributed by atoms with Gasteiger partial charge in [0.1, 0.15) is 0 Å². The number of rotatable bonds is 3. The Hall–Kier alpha value is -2.22. The van der Waals surface area contributed by atoms with E-state index in [-0.39, 0.29) is 0 Å². The molecule has 1 aromatic heterocycles. The molecule has 3 aromatic rings. The Labute approximate surface area is 107 Å². The Bertz CT molecular complexity index is 640. The van der Waals surface area contributed by atoms with Gasteiger partial charge in [-0.1, -0.05) is 36.4 Å². The van der Waals surface area contributed by atoms with Crippen LogP contribution in [-0.2, 0) is 6.54 Å². The smallest absolute Gasteiger partial charge is 0.0474 e. The van der Waals surface area contributed by atoms with E-state index in [4.69, 9.17) is 0 Å². The van der Waals surface area contributed by atoms with Crippen LogP contribution >= 0.6 is 0 Å². The Balaban J connectivity index is 1.85. The second-order valence-electron chi connectivity index (χ2n) is 4.59. The van der Waals surface area contributed by atoms with Gasteiger partial charge in [0.25, 0.3) is 0 Å². The van der Waals surface area contributed by atoms with E-state index in [0.29, 0.717) is 0 Å². The summed E-state index contributed by atoms with van der Waals surface area (Å²) in [6, 6.07) is 19.1. The molecule has 90 valence electrons. The maximum absolute atomic E-state index is 3.25. The van der Waals surface area contributed by atoms with E-state index in [2.05, 4.69) is 71.5 Å². The molecule has 2 nitrogen and oxygen atoms in total. The molecule has 0 saturated heterocycles. The number of nitrogens with zero attached hydrogens (tertiary/aromatic N) is 1. The van der Waals surface area contributed by atoms with Gasteiger partial charge < -0.3 is 9.88 Å². The van der Waals surface area contributed by atoms with Gasteiger partial charge >= 0.3 is 0 Å². The number of anilines is 1. The summed E-state index contributed by atoms with van der Waals surface area (Å²) in [6.07, 6.45) is 1.98. The molecule has 0 fully saturated rings. The van der Waals surface area contributed by atoms with Gasteiger partial charge in [-0.15, -0.1) is 0 Å². The minimum Gasteiger partial charge on any atom is -0.370 e. The van der Waals surface area contributed by atoms with E-state index in [9.17, 15) is 0 Å². The molecule has 0 amide bonds. The summed E-state index contributed by atoms with van der Waals surface area (Å²) < 4.78 is 0. The quantitative estimate of drug-likeness (QED) is 0.732. The Morgan fingerprint density at radius 1 is 1.00 bits per heavy atom. The molecule has 1 N–H and O–H groups in total. The molecule has 0 radical (unpaired) electrons. The second kappa shape index (κ2) is 4.57. The predicted molar refractivity (Wildman–Crippen MR) is 76.8 cm³/mol. The predicted octanol–water partition coefficient (Wildman–Crippen LogP) is 3.80. The van der Waals surface area contributed by atoms with Crippen LogP contribution in [0.2, 0.25) is 0 Å². The zero-order valence-corrected chi connectivity index (χ0v) is 10.4. The summed E-state index contributed by atoms with van der Waals surface area (Å²) in [5, 5.41) is 1.26. The minimum atomic E-state index is 0.924. The molecule has 2 heteroatoms. The van der Waals surface area contributed by atoms with Crippen molar-refractivity contribution in [3.05, 3.63) is 66.4 Å². The summed E-state index contributed by atoms with van der Waals surface area (Å²) in [5.41, 5.74) is 3.74. The van der Waals surface area contributed by atoms with Crippen LogP contribution < -0.4 is 4.90 Å². The number of aromatic amines is 1. The zero-order chi connectivity index (χ0) is 12.4. The third-order valence-corrected chi connectivity index (χ3v) is 3.24. The topological polar surface area (TPSA) is 19.0 Å². The lowest BCUT2D eigenvalue weighted by molar-refractivity contribution is 0.924. The number of aromatic nitrogens is 1. The van der Waals surface area contributed by atoms with Gasteiger partial charge in [-0.05, 0) is 29.1 Å². The van der Waals surface area contributed by atoms with Crippen molar-refractivity contribution >= 4 is 16.6 Å². The zero-order valence-electron chi connectivity index (χ0n) is 10.4. The summed E-state index contributed by atoms with van der Waals surface area (Å²) in [4.78, 5) is 5.51. The first-order valence-corrected chi connectivity index (χ1v) is 6.15. The Kier molecular flexibility index (Phi) is 2.77. The van der Waals surface area contributed by atoms with Crippen molar-refractivity contribution in [3.8, 4) is 0 Å². The number of hydrogen-bond acceptors (Lipinski definition) is 1. The lowest BCUT2D eigenvalue weighted by Gasteiger charge is -2.19. The summed E-state index contributed by atoms with van der Waals surface area (Å²) in [5.74, 6) is 0. The van der Waals surface area contributed by atoms with Crippen LogP contribution in [0.1, 0.15) is 5.56 Å². The third kappa shape index (κ3) is 2.09. The van der Waals surface area contributed by atoms with E-state index in [1.165, 1.54) is 22.2 Å². The first kappa shape index (κ1) is 10.9. The highest BCUT2D eigenvalue weighted by Crippen LogP contribution is 2.21. The molecular formula is C16H16N2. The average molecular weight is 236 g/mol. The van der Waals surface area contributed by atoms with E-state index in [1.54, 1.807) is 0 Å². The SMILES string of the molecule is CN(Cc1ccccc1)c1ccc2cc[nH]c2c1. The fourth-order valence-corrected chi connectivity index (χ4v) is 2.22. The largest absolute Gasteiger partial charge is 0.370 e. The maximum atomic E-state index is 3.25. The number of H-pyrrole nitrogens is 1. The normalized spacial score (nSPS) is 10.7. The van der Waals surface area contributed by atoms with Crippen molar-refractivity contribution in [1.29, 1.82) is 0 Å². The molecule has 2 aromatic carbocycles. The lowest BCUT2D eigenvalue weighted by atomic mass is 10.2. The van der Waals surface area contributed by atoms with Crippen LogP contribution in [0, 0.1) is 0 Å².